The van der Waals surface area contributed by atoms with E-state index in [1.807, 2.05) is 20.8 Å². The molecular formula is C10H18N4O. The summed E-state index contributed by atoms with van der Waals surface area (Å²) in [5, 5.41) is 5.87. The number of hydrogen-bond donors (Lipinski definition) is 3. The van der Waals surface area contributed by atoms with Crippen LogP contribution >= 0.6 is 0 Å². The van der Waals surface area contributed by atoms with Crippen LogP contribution in [0.3, 0.4) is 0 Å². The predicted molar refractivity (Wildman–Crippen MR) is 58.3 cm³/mol. The van der Waals surface area contributed by atoms with E-state index in [2.05, 4.69) is 20.6 Å². The summed E-state index contributed by atoms with van der Waals surface area (Å²) < 4.78 is 0. The molecule has 0 bridgehead atoms. The molecule has 0 spiro atoms. The monoisotopic (exact) mass is 210 g/mol. The Kier molecular flexibility index (Phi) is 4.30. The third-order valence-corrected chi connectivity index (χ3v) is 2.10. The Hall–Kier alpha value is -1.36. The highest BCUT2D eigenvalue weighted by molar-refractivity contribution is 5.81. The van der Waals surface area contributed by atoms with Gasteiger partial charge >= 0.3 is 0 Å². The average molecular weight is 210 g/mol. The maximum atomic E-state index is 11.4. The lowest BCUT2D eigenvalue weighted by Gasteiger charge is -2.12. The van der Waals surface area contributed by atoms with Gasteiger partial charge in [-0.15, -0.1) is 0 Å². The van der Waals surface area contributed by atoms with Crippen molar-refractivity contribution in [1.82, 2.24) is 20.6 Å². The summed E-state index contributed by atoms with van der Waals surface area (Å²) in [5.41, 5.74) is 0.989. The lowest BCUT2D eigenvalue weighted by molar-refractivity contribution is -0.122. The summed E-state index contributed by atoms with van der Waals surface area (Å²) in [6.45, 7) is 6.93. The summed E-state index contributed by atoms with van der Waals surface area (Å²) in [6, 6.07) is -0.187. The molecule has 0 aliphatic rings. The van der Waals surface area contributed by atoms with Gasteiger partial charge in [0.15, 0.2) is 0 Å². The molecule has 1 heterocycles. The molecule has 1 rings (SSSR count). The quantitative estimate of drug-likeness (QED) is 0.656. The summed E-state index contributed by atoms with van der Waals surface area (Å²) in [6.07, 6.45) is 1.77. The largest absolute Gasteiger partial charge is 0.355 e. The van der Waals surface area contributed by atoms with E-state index in [9.17, 15) is 4.79 Å². The van der Waals surface area contributed by atoms with Crippen molar-refractivity contribution in [1.29, 1.82) is 0 Å². The van der Waals surface area contributed by atoms with Crippen LogP contribution in [0.5, 0.6) is 0 Å². The summed E-state index contributed by atoms with van der Waals surface area (Å²) in [4.78, 5) is 18.5. The van der Waals surface area contributed by atoms with Gasteiger partial charge < -0.3 is 15.6 Å². The molecule has 1 aromatic heterocycles. The molecule has 15 heavy (non-hydrogen) atoms. The van der Waals surface area contributed by atoms with E-state index in [1.165, 1.54) is 0 Å². The Morgan fingerprint density at radius 2 is 2.40 bits per heavy atom. The fraction of sp³-hybridized carbons (Fsp3) is 0.600. The van der Waals surface area contributed by atoms with Crippen LogP contribution in [0.25, 0.3) is 0 Å². The number of nitrogens with zero attached hydrogens (tertiary/aromatic N) is 1. The van der Waals surface area contributed by atoms with Gasteiger partial charge in [0.2, 0.25) is 5.91 Å². The van der Waals surface area contributed by atoms with Crippen LogP contribution in [0.4, 0.5) is 0 Å². The number of aromatic amines is 1. The fourth-order valence-electron chi connectivity index (χ4n) is 1.24. The summed E-state index contributed by atoms with van der Waals surface area (Å²) in [5.74, 6) is 0.909. The van der Waals surface area contributed by atoms with E-state index >= 15 is 0 Å². The molecule has 84 valence electrons. The maximum Gasteiger partial charge on any atom is 0.236 e. The van der Waals surface area contributed by atoms with Gasteiger partial charge in [-0.25, -0.2) is 4.98 Å². The standard InChI is InChI=1S/C10H18N4O/c1-4-11-10(15)7(2)12-5-9-6-13-8(3)14-9/h6-7,12H,4-5H2,1-3H3,(H,11,15)(H,13,14). The minimum atomic E-state index is -0.187. The van der Waals surface area contributed by atoms with Crippen LogP contribution in [0.1, 0.15) is 25.4 Å². The van der Waals surface area contributed by atoms with Crippen LogP contribution in [-0.2, 0) is 11.3 Å². The number of imidazole rings is 1. The van der Waals surface area contributed by atoms with Gasteiger partial charge in [0, 0.05) is 25.0 Å². The fourth-order valence-corrected chi connectivity index (χ4v) is 1.24. The first-order chi connectivity index (χ1) is 7.13. The molecule has 1 amide bonds. The number of aromatic nitrogens is 2. The lowest BCUT2D eigenvalue weighted by atomic mass is 10.3. The van der Waals surface area contributed by atoms with Crippen molar-refractivity contribution >= 4 is 5.91 Å². The number of nitrogens with one attached hydrogen (secondary N) is 3. The first kappa shape index (κ1) is 11.7. The molecule has 1 aromatic rings. The molecule has 0 aliphatic heterocycles. The second-order valence-electron chi connectivity index (χ2n) is 3.49. The van der Waals surface area contributed by atoms with Crippen LogP contribution < -0.4 is 10.6 Å². The topological polar surface area (TPSA) is 69.8 Å². The van der Waals surface area contributed by atoms with Crippen molar-refractivity contribution in [3.05, 3.63) is 17.7 Å². The van der Waals surface area contributed by atoms with Gasteiger partial charge in [-0.1, -0.05) is 0 Å². The Morgan fingerprint density at radius 1 is 1.67 bits per heavy atom. The second kappa shape index (κ2) is 5.50. The minimum absolute atomic E-state index is 0.0220. The Labute approximate surface area is 89.7 Å². The smallest absolute Gasteiger partial charge is 0.236 e. The molecule has 5 nitrogen and oxygen atoms in total. The van der Waals surface area contributed by atoms with Gasteiger partial charge in [0.25, 0.3) is 0 Å². The van der Waals surface area contributed by atoms with Crippen molar-refractivity contribution < 1.29 is 4.79 Å². The van der Waals surface area contributed by atoms with Crippen molar-refractivity contribution in [3.8, 4) is 0 Å². The zero-order chi connectivity index (χ0) is 11.3. The number of carbonyl (C=O) groups excluding carboxylic acids is 1. The highest BCUT2D eigenvalue weighted by Crippen LogP contribution is 1.95. The van der Waals surface area contributed by atoms with Gasteiger partial charge in [0.05, 0.1) is 6.04 Å². The van der Waals surface area contributed by atoms with Gasteiger partial charge in [-0.2, -0.15) is 0 Å². The molecule has 0 aromatic carbocycles. The molecule has 1 unspecified atom stereocenters. The highest BCUT2D eigenvalue weighted by atomic mass is 16.2. The number of rotatable bonds is 5. The van der Waals surface area contributed by atoms with E-state index < -0.39 is 0 Å². The number of amides is 1. The molecule has 0 saturated carbocycles. The molecule has 0 radical (unpaired) electrons. The second-order valence-corrected chi connectivity index (χ2v) is 3.49. The zero-order valence-electron chi connectivity index (χ0n) is 9.42. The molecule has 3 N–H and O–H groups in total. The SMILES string of the molecule is CCNC(=O)C(C)NCc1cnc(C)[nH]1. The number of likely N-dealkylation sites (N-methyl/N-ethyl adjacent to an activating group) is 1. The maximum absolute atomic E-state index is 11.4. The molecule has 0 fully saturated rings. The number of aryl methyl sites for hydroxylation is 1. The Morgan fingerprint density at radius 3 is 2.93 bits per heavy atom. The van der Waals surface area contributed by atoms with Gasteiger partial charge in [-0.3, -0.25) is 4.79 Å². The van der Waals surface area contributed by atoms with Gasteiger partial charge in [0.1, 0.15) is 5.82 Å². The molecular weight excluding hydrogens is 192 g/mol. The normalized spacial score (nSPS) is 12.5. The molecule has 0 aliphatic carbocycles. The van der Waals surface area contributed by atoms with Crippen molar-refractivity contribution in [2.24, 2.45) is 0 Å². The third-order valence-electron chi connectivity index (χ3n) is 2.10. The van der Waals surface area contributed by atoms with Crippen LogP contribution in [-0.4, -0.2) is 28.5 Å². The highest BCUT2D eigenvalue weighted by Gasteiger charge is 2.10. The third kappa shape index (κ3) is 3.71. The van der Waals surface area contributed by atoms with Crippen LogP contribution in [0.15, 0.2) is 6.20 Å². The number of hydrogen-bond acceptors (Lipinski definition) is 3. The molecule has 0 saturated heterocycles. The first-order valence-corrected chi connectivity index (χ1v) is 5.15. The van der Waals surface area contributed by atoms with E-state index in [4.69, 9.17) is 0 Å². The van der Waals surface area contributed by atoms with E-state index in [0.29, 0.717) is 13.1 Å². The zero-order valence-corrected chi connectivity index (χ0v) is 9.42. The Balaban J connectivity index is 2.33. The van der Waals surface area contributed by atoms with Gasteiger partial charge in [-0.05, 0) is 20.8 Å². The molecule has 1 atom stereocenters. The van der Waals surface area contributed by atoms with Crippen LogP contribution in [0, 0.1) is 6.92 Å². The molecule has 5 heteroatoms. The van der Waals surface area contributed by atoms with Crippen molar-refractivity contribution in [3.63, 3.8) is 0 Å². The van der Waals surface area contributed by atoms with E-state index in [1.54, 1.807) is 6.20 Å². The summed E-state index contributed by atoms with van der Waals surface area (Å²) >= 11 is 0. The first-order valence-electron chi connectivity index (χ1n) is 5.15. The van der Waals surface area contributed by atoms with Crippen molar-refractivity contribution in [2.75, 3.05) is 6.54 Å². The Bertz CT molecular complexity index is 321. The average Bonchev–Trinajstić information content (AvgIpc) is 2.61. The lowest BCUT2D eigenvalue weighted by Crippen LogP contribution is -2.41. The number of carbonyl (C=O) groups is 1. The van der Waals surface area contributed by atoms with E-state index in [-0.39, 0.29) is 11.9 Å². The van der Waals surface area contributed by atoms with Crippen LogP contribution in [0.2, 0.25) is 0 Å². The predicted octanol–water partition coefficient (Wildman–Crippen LogP) is 0.332. The summed E-state index contributed by atoms with van der Waals surface area (Å²) in [7, 11) is 0. The van der Waals surface area contributed by atoms with E-state index in [0.717, 1.165) is 11.5 Å². The van der Waals surface area contributed by atoms with Crippen molar-refractivity contribution in [2.45, 2.75) is 33.4 Å². The number of H-pyrrole nitrogens is 1. The minimum Gasteiger partial charge on any atom is -0.355 e.